The second-order valence-electron chi connectivity index (χ2n) is 7.51. The highest BCUT2D eigenvalue weighted by Gasteiger charge is 2.16. The first-order chi connectivity index (χ1) is 15.4. The van der Waals surface area contributed by atoms with Crippen LogP contribution in [-0.2, 0) is 0 Å². The van der Waals surface area contributed by atoms with E-state index in [2.05, 4.69) is 127 Å². The number of hydrogen-bond donors (Lipinski definition) is 1. The summed E-state index contributed by atoms with van der Waals surface area (Å²) in [7, 11) is -0.593. The molecule has 0 unspecified atom stereocenters. The van der Waals surface area contributed by atoms with Crippen molar-refractivity contribution in [1.82, 2.24) is 0 Å². The van der Waals surface area contributed by atoms with Gasteiger partial charge in [0.1, 0.15) is 0 Å². The molecule has 0 saturated heterocycles. The summed E-state index contributed by atoms with van der Waals surface area (Å²) in [6.07, 6.45) is 2.44. The molecule has 164 valence electrons. The number of hydrogen-bond acceptors (Lipinski definition) is 0. The maximum Gasteiger partial charge on any atom is 0.0801 e. The summed E-state index contributed by atoms with van der Waals surface area (Å²) in [5.74, 6) is 0. The summed E-state index contributed by atoms with van der Waals surface area (Å²) in [4.78, 5) is 0. The number of nitrogens with two attached hydrogens (primary N) is 1. The van der Waals surface area contributed by atoms with Crippen LogP contribution in [0.5, 0.6) is 0 Å². The monoisotopic (exact) mass is 477 g/mol. The van der Waals surface area contributed by atoms with E-state index in [1.54, 1.807) is 0 Å². The van der Waals surface area contributed by atoms with Gasteiger partial charge in [-0.05, 0) is 37.1 Å². The Balaban J connectivity index is 0.00000289. The van der Waals surface area contributed by atoms with Crippen molar-refractivity contribution in [3.05, 3.63) is 121 Å². The molecule has 0 amide bonds. The lowest BCUT2D eigenvalue weighted by molar-refractivity contribution is -0.646. The molecule has 0 atom stereocenters. The third kappa shape index (κ3) is 6.99. The molecule has 1 nitrogen and oxygen atoms in total. The quantitative estimate of drug-likeness (QED) is 0.257. The lowest BCUT2D eigenvalue weighted by Crippen LogP contribution is -3.00. The molecule has 0 aliphatic heterocycles. The Morgan fingerprint density at radius 3 is 0.906 bits per heavy atom. The minimum atomic E-state index is -0.296. The molecule has 0 fully saturated rings. The first-order valence-electron chi connectivity index (χ1n) is 11.0. The van der Waals surface area contributed by atoms with Gasteiger partial charge in [0, 0.05) is 12.3 Å². The lowest BCUT2D eigenvalue weighted by atomic mass is 10.4. The van der Waals surface area contributed by atoms with Gasteiger partial charge in [-0.15, -0.1) is 0 Å². The van der Waals surface area contributed by atoms with Crippen molar-refractivity contribution < 1.29 is 17.7 Å². The average Bonchev–Trinajstić information content (AvgIpc) is 2.86. The van der Waals surface area contributed by atoms with Gasteiger partial charge < -0.3 is 17.7 Å². The molecule has 0 heterocycles. The maximum absolute atomic E-state index is 2.53. The van der Waals surface area contributed by atoms with Crippen molar-refractivity contribution in [1.29, 1.82) is 0 Å². The Labute approximate surface area is 201 Å². The highest BCUT2D eigenvalue weighted by atomic mass is 35.5. The van der Waals surface area contributed by atoms with E-state index in [9.17, 15) is 0 Å². The minimum Gasteiger partial charge on any atom is -1.00 e. The molecule has 4 heteroatoms. The fourth-order valence-corrected chi connectivity index (χ4v) is 8.47. The van der Waals surface area contributed by atoms with Crippen molar-refractivity contribution in [2.45, 2.75) is 0 Å². The first-order valence-corrected chi connectivity index (χ1v) is 14.0. The average molecular weight is 478 g/mol. The third-order valence-electron chi connectivity index (χ3n) is 5.39. The van der Waals surface area contributed by atoms with E-state index in [0.717, 1.165) is 0 Å². The van der Waals surface area contributed by atoms with Gasteiger partial charge in [-0.1, -0.05) is 121 Å². The molecular formula is C28H30ClNP2. The molecule has 4 aromatic rings. The van der Waals surface area contributed by atoms with E-state index in [1.807, 2.05) is 0 Å². The Bertz CT molecular complexity index is 850. The zero-order valence-corrected chi connectivity index (χ0v) is 20.8. The van der Waals surface area contributed by atoms with Crippen LogP contribution in [0.2, 0.25) is 0 Å². The smallest absolute Gasteiger partial charge is 0.0801 e. The van der Waals surface area contributed by atoms with Crippen LogP contribution in [-0.4, -0.2) is 25.4 Å². The SMILES string of the molecule is [Cl-].c1ccc(P(CC[NH2+]CCP(c2ccccc2)c2ccccc2)c2ccccc2)cc1. The van der Waals surface area contributed by atoms with Gasteiger partial charge in [0.25, 0.3) is 0 Å². The highest BCUT2D eigenvalue weighted by Crippen LogP contribution is 2.33. The van der Waals surface area contributed by atoms with E-state index < -0.39 is 0 Å². The second-order valence-corrected chi connectivity index (χ2v) is 12.2. The lowest BCUT2D eigenvalue weighted by Gasteiger charge is -2.20. The van der Waals surface area contributed by atoms with Gasteiger partial charge in [-0.3, -0.25) is 0 Å². The number of halogens is 1. The first kappa shape index (κ1) is 24.6. The van der Waals surface area contributed by atoms with Crippen molar-refractivity contribution in [2.75, 3.05) is 25.4 Å². The normalized spacial score (nSPS) is 10.8. The van der Waals surface area contributed by atoms with Crippen molar-refractivity contribution in [2.24, 2.45) is 0 Å². The van der Waals surface area contributed by atoms with E-state index in [4.69, 9.17) is 0 Å². The van der Waals surface area contributed by atoms with E-state index in [1.165, 1.54) is 46.6 Å². The molecule has 0 bridgehead atoms. The fraction of sp³-hybridized carbons (Fsp3) is 0.143. The molecule has 0 saturated carbocycles. The summed E-state index contributed by atoms with van der Waals surface area (Å²) < 4.78 is 0. The predicted octanol–water partition coefficient (Wildman–Crippen LogP) is 0.820. The van der Waals surface area contributed by atoms with Crippen LogP contribution in [0.15, 0.2) is 121 Å². The largest absolute Gasteiger partial charge is 1.00 e. The Kier molecular flexibility index (Phi) is 10.4. The molecule has 2 N–H and O–H groups in total. The number of rotatable bonds is 10. The Hall–Kier alpha value is -2.01. The Morgan fingerprint density at radius 2 is 0.656 bits per heavy atom. The fourth-order valence-electron chi connectivity index (χ4n) is 3.83. The predicted molar refractivity (Wildman–Crippen MR) is 140 cm³/mol. The van der Waals surface area contributed by atoms with Gasteiger partial charge >= 0.3 is 0 Å². The molecule has 0 radical (unpaired) electrons. The van der Waals surface area contributed by atoms with Crippen molar-refractivity contribution in [3.63, 3.8) is 0 Å². The summed E-state index contributed by atoms with van der Waals surface area (Å²) in [5.41, 5.74) is 0. The zero-order chi connectivity index (χ0) is 21.1. The second kappa shape index (κ2) is 13.5. The third-order valence-corrected chi connectivity index (χ3v) is 10.5. The molecule has 32 heavy (non-hydrogen) atoms. The molecule has 0 aromatic heterocycles. The van der Waals surface area contributed by atoms with E-state index in [0.29, 0.717) is 0 Å². The standard InChI is InChI=1S/C28H29NP2.ClH/c1-5-13-25(14-6-1)30(26-15-7-2-8-16-26)23-21-29-22-24-31(27-17-9-3-10-18-27)28-19-11-4-12-20-28;/h1-20,29H,21-24H2;1H. The van der Waals surface area contributed by atoms with E-state index in [-0.39, 0.29) is 28.3 Å². The molecular weight excluding hydrogens is 448 g/mol. The summed E-state index contributed by atoms with van der Waals surface area (Å²) in [6.45, 7) is 2.34. The summed E-state index contributed by atoms with van der Waals surface area (Å²) in [5, 5.41) is 8.45. The van der Waals surface area contributed by atoms with Gasteiger partial charge in [0.05, 0.1) is 13.1 Å². The van der Waals surface area contributed by atoms with Crippen LogP contribution in [0, 0.1) is 0 Å². The highest BCUT2D eigenvalue weighted by molar-refractivity contribution is 7.73. The van der Waals surface area contributed by atoms with Crippen LogP contribution >= 0.6 is 15.8 Å². The summed E-state index contributed by atoms with van der Waals surface area (Å²) >= 11 is 0. The molecule has 4 rings (SSSR count). The molecule has 4 aromatic carbocycles. The van der Waals surface area contributed by atoms with Crippen molar-refractivity contribution in [3.8, 4) is 0 Å². The maximum atomic E-state index is 2.53. The zero-order valence-electron chi connectivity index (χ0n) is 18.2. The topological polar surface area (TPSA) is 16.6 Å². The van der Waals surface area contributed by atoms with Crippen LogP contribution in [0.1, 0.15) is 0 Å². The van der Waals surface area contributed by atoms with Gasteiger partial charge in [-0.25, -0.2) is 0 Å². The van der Waals surface area contributed by atoms with Gasteiger partial charge in [0.2, 0.25) is 0 Å². The van der Waals surface area contributed by atoms with Crippen LogP contribution in [0.3, 0.4) is 0 Å². The molecule has 0 spiro atoms. The Morgan fingerprint density at radius 1 is 0.406 bits per heavy atom. The number of benzene rings is 4. The van der Waals surface area contributed by atoms with Gasteiger partial charge in [0.15, 0.2) is 0 Å². The minimum absolute atomic E-state index is 0. The van der Waals surface area contributed by atoms with E-state index >= 15 is 0 Å². The molecule has 0 aliphatic carbocycles. The summed E-state index contributed by atoms with van der Waals surface area (Å²) in [6, 6.07) is 44.2. The van der Waals surface area contributed by atoms with Crippen LogP contribution in [0.4, 0.5) is 0 Å². The number of quaternary nitrogens is 1. The van der Waals surface area contributed by atoms with Crippen LogP contribution in [0.25, 0.3) is 0 Å². The molecule has 0 aliphatic rings. The van der Waals surface area contributed by atoms with Crippen LogP contribution < -0.4 is 38.9 Å². The van der Waals surface area contributed by atoms with Crippen molar-refractivity contribution >= 4 is 37.1 Å². The van der Waals surface area contributed by atoms with Gasteiger partial charge in [-0.2, -0.15) is 0 Å².